The average Bonchev–Trinajstić information content (AvgIpc) is 1.61. The zero-order valence-corrected chi connectivity index (χ0v) is 56.6. The number of hydrogen-bond donors (Lipinski definition) is 8. The molecule has 4 atom stereocenters. The number of aryl methyl sites for hydroxylation is 2. The van der Waals surface area contributed by atoms with Crippen molar-refractivity contribution in [2.45, 2.75) is 95.8 Å². The minimum atomic E-state index is -1.02. The number of benzene rings is 2. The molecule has 33 nitrogen and oxygen atoms in total. The summed E-state index contributed by atoms with van der Waals surface area (Å²) in [5, 5.41) is 17.7. The Bertz CT molecular complexity index is 4330. The lowest BCUT2D eigenvalue weighted by Crippen LogP contribution is -2.56. The van der Waals surface area contributed by atoms with Gasteiger partial charge in [-0.05, 0) is 124 Å². The van der Waals surface area contributed by atoms with Crippen molar-refractivity contribution in [3.63, 3.8) is 0 Å². The smallest absolute Gasteiger partial charge is 0.317 e. The van der Waals surface area contributed by atoms with Crippen LogP contribution in [0.3, 0.4) is 0 Å². The van der Waals surface area contributed by atoms with E-state index in [4.69, 9.17) is 16.5 Å². The minimum Gasteiger partial charge on any atom is -0.368 e. The van der Waals surface area contributed by atoms with Crippen molar-refractivity contribution < 1.29 is 61.9 Å². The van der Waals surface area contributed by atoms with Crippen molar-refractivity contribution >= 4 is 122 Å². The lowest BCUT2D eigenvalue weighted by Gasteiger charge is -2.38. The highest BCUT2D eigenvalue weighted by Gasteiger charge is 2.47. The van der Waals surface area contributed by atoms with Gasteiger partial charge in [0.15, 0.2) is 11.5 Å². The first kappa shape index (κ1) is 69.9. The molecule has 6 fully saturated rings. The van der Waals surface area contributed by atoms with Crippen molar-refractivity contribution in [1.29, 1.82) is 0 Å². The zero-order valence-electron chi connectivity index (χ0n) is 55.0. The fourth-order valence-electron chi connectivity index (χ4n) is 13.2. The number of nitrogens with one attached hydrogen (secondary N) is 6. The maximum atomic E-state index is 13.3. The van der Waals surface area contributed by atoms with Crippen LogP contribution in [-0.2, 0) is 25.6 Å². The maximum absolute atomic E-state index is 13.3. The summed E-state index contributed by atoms with van der Waals surface area (Å²) < 4.78 is 21.7. The van der Waals surface area contributed by atoms with Gasteiger partial charge in [0.1, 0.15) is 40.2 Å². The highest BCUT2D eigenvalue weighted by atomic mass is 32.1. The number of primary amides is 2. The molecule has 6 aromatic rings. The number of amides is 14. The summed E-state index contributed by atoms with van der Waals surface area (Å²) in [4.78, 5) is 178. The van der Waals surface area contributed by atoms with E-state index in [2.05, 4.69) is 60.5 Å². The topological polar surface area (TPSA) is 429 Å². The number of rotatable bonds is 13. The first-order valence-corrected chi connectivity index (χ1v) is 34.5. The number of urea groups is 2. The first-order chi connectivity index (χ1) is 48.5. The van der Waals surface area contributed by atoms with E-state index in [1.54, 1.807) is 29.3 Å². The second-order valence-corrected chi connectivity index (χ2v) is 26.9. The Balaban J connectivity index is 0.000000160. The molecule has 0 aliphatic carbocycles. The molecule has 0 radical (unpaired) electrons. The number of piperazine rings is 2. The average molecular weight is 1420 g/mol. The van der Waals surface area contributed by atoms with Gasteiger partial charge >= 0.3 is 12.1 Å². The molecule has 6 saturated heterocycles. The number of piperidine rings is 4. The number of anilines is 5. The monoisotopic (exact) mass is 1420 g/mol. The summed E-state index contributed by atoms with van der Waals surface area (Å²) in [5.41, 5.74) is 14.8. The molecule has 101 heavy (non-hydrogen) atoms. The van der Waals surface area contributed by atoms with Crippen molar-refractivity contribution in [1.82, 2.24) is 74.9 Å². The predicted octanol–water partition coefficient (Wildman–Crippen LogP) is 1.73. The molecule has 0 bridgehead atoms. The molecule has 8 aliphatic rings. The Labute approximate surface area is 584 Å². The van der Waals surface area contributed by atoms with Gasteiger partial charge in [-0.25, -0.2) is 33.9 Å². The Morgan fingerprint density at radius 2 is 1.09 bits per heavy atom. The van der Waals surface area contributed by atoms with Gasteiger partial charge in [0.05, 0.1) is 51.7 Å². The van der Waals surface area contributed by atoms with Crippen LogP contribution >= 0.6 is 23.1 Å². The summed E-state index contributed by atoms with van der Waals surface area (Å²) in [5.74, 6) is -5.07. The van der Waals surface area contributed by atoms with E-state index in [-0.39, 0.29) is 89.3 Å². The number of nitrogens with two attached hydrogens (primary N) is 2. The third-order valence-electron chi connectivity index (χ3n) is 18.3. The summed E-state index contributed by atoms with van der Waals surface area (Å²) in [7, 11) is 0. The largest absolute Gasteiger partial charge is 0.368 e. The van der Waals surface area contributed by atoms with Gasteiger partial charge in [-0.3, -0.25) is 68.4 Å². The number of fused-ring (bicyclic) bond motifs is 2. The maximum Gasteiger partial charge on any atom is 0.317 e. The standard InChI is InChI=1S/C32H35N11O6S.C20H28N8O2S.C13H9FN2O4/c1-17-13-25(50-39-17)38-28-26(27(33)45)34-15-23(36-28)42-8-2-3-18(16-42)35-32(49)41-11-9-40(10-12-41)19-4-5-20-21(14-19)31(48)43(30(20)47)22-6-7-24(44)37-29(22)46;1-13-9-15(31-26-13)10-16-18(19(21)29)23-11-17(25-16)28-6-2-3-14(12-28)24-20(30)27-7-4-22-5-8-27;14-6-1-2-7-8(5-6)13(20)16(12(7)19)9-3-4-10(17)15-11(9)18/h4-5,13-15,18,22H,2-3,6-12,16H2,1H3,(H2,33,45)(H,35,49)(H,36,38)(H,37,44,46);9,11,14,22H,2-8,10,12H2,1H3,(H2,21,29)(H,24,30);1-2,5,9H,3-4H2,(H,15,17,18). The number of carbonyl (C=O) groups is 12. The van der Waals surface area contributed by atoms with E-state index in [1.807, 2.05) is 40.7 Å². The van der Waals surface area contributed by atoms with Crippen molar-refractivity contribution in [3.8, 4) is 0 Å². The van der Waals surface area contributed by atoms with Crippen LogP contribution in [0.25, 0.3) is 0 Å². The van der Waals surface area contributed by atoms with Crippen LogP contribution in [0.1, 0.15) is 136 Å². The van der Waals surface area contributed by atoms with E-state index in [0.717, 1.165) is 102 Å². The molecular formula is C65H72FN21O12S2. The fourth-order valence-corrected chi connectivity index (χ4v) is 14.6. The van der Waals surface area contributed by atoms with E-state index >= 15 is 0 Å². The summed E-state index contributed by atoms with van der Waals surface area (Å²) in [6.07, 6.45) is 7.33. The molecule has 14 rings (SSSR count). The Morgan fingerprint density at radius 1 is 0.574 bits per heavy atom. The van der Waals surface area contributed by atoms with Gasteiger partial charge in [0.25, 0.3) is 35.4 Å². The number of carbonyl (C=O) groups excluding carboxylic acids is 12. The van der Waals surface area contributed by atoms with E-state index in [0.29, 0.717) is 74.6 Å². The highest BCUT2D eigenvalue weighted by molar-refractivity contribution is 7.10. The van der Waals surface area contributed by atoms with Gasteiger partial charge < -0.3 is 57.2 Å². The molecule has 4 unspecified atom stereocenters. The lowest BCUT2D eigenvalue weighted by atomic mass is 10.0. The molecule has 10 N–H and O–H groups in total. The molecule has 14 amide bonds. The molecule has 36 heteroatoms. The van der Waals surface area contributed by atoms with Gasteiger partial charge in [0, 0.05) is 120 Å². The molecule has 0 saturated carbocycles. The van der Waals surface area contributed by atoms with Crippen molar-refractivity contribution in [2.75, 3.05) is 98.6 Å². The normalized spacial score (nSPS) is 20.6. The van der Waals surface area contributed by atoms with Gasteiger partial charge in [-0.2, -0.15) is 8.75 Å². The molecule has 4 aromatic heterocycles. The van der Waals surface area contributed by atoms with Crippen LogP contribution in [-0.4, -0.2) is 222 Å². The number of hydrogen-bond acceptors (Lipinski definition) is 25. The molecule has 12 heterocycles. The zero-order chi connectivity index (χ0) is 71.3. The number of nitrogens with zero attached hydrogens (tertiary/aromatic N) is 13. The van der Waals surface area contributed by atoms with E-state index < -0.39 is 77.0 Å². The SMILES string of the molecule is Cc1cc(Cc2nc(N3CCCC(NC(=O)N4CCNCC4)C3)cnc2C(N)=O)sn1.Cc1cc(Nc2nc(N3CCCC(NC(=O)N4CCN(c5ccc6c(c5)C(=O)N(C5CCC(=O)NC5=O)C6=O)CC4)C3)cnc2C(N)=O)sn1.O=C1CCC(N2C(=O)c3ccc(F)cc3C2=O)C(=O)N1. The molecular weight excluding hydrogens is 1350 g/mol. The number of aromatic nitrogens is 6. The molecule has 0 spiro atoms. The van der Waals surface area contributed by atoms with Crippen LogP contribution in [0.5, 0.6) is 0 Å². The highest BCUT2D eigenvalue weighted by Crippen LogP contribution is 2.33. The van der Waals surface area contributed by atoms with Gasteiger partial charge in [-0.1, -0.05) is 0 Å². The quantitative estimate of drug-likeness (QED) is 0.0763. The Hall–Kier alpha value is -11.0. The van der Waals surface area contributed by atoms with Crippen LogP contribution in [0, 0.1) is 19.7 Å². The predicted molar refractivity (Wildman–Crippen MR) is 363 cm³/mol. The Morgan fingerprint density at radius 3 is 1.62 bits per heavy atom. The molecule has 8 aliphatic heterocycles. The van der Waals surface area contributed by atoms with E-state index in [9.17, 15) is 61.9 Å². The van der Waals surface area contributed by atoms with Crippen molar-refractivity contribution in [2.24, 2.45) is 11.5 Å². The lowest BCUT2D eigenvalue weighted by molar-refractivity contribution is -0.137. The fraction of sp³-hybridized carbons (Fsp3) is 0.415. The van der Waals surface area contributed by atoms with Crippen LogP contribution < -0.4 is 58.1 Å². The number of imide groups is 4. The van der Waals surface area contributed by atoms with Gasteiger partial charge in [0.2, 0.25) is 23.6 Å². The van der Waals surface area contributed by atoms with Crippen molar-refractivity contribution in [3.05, 3.63) is 122 Å². The Kier molecular flexibility index (Phi) is 20.9. The van der Waals surface area contributed by atoms with Crippen LogP contribution in [0.4, 0.5) is 42.1 Å². The van der Waals surface area contributed by atoms with Crippen LogP contribution in [0.15, 0.2) is 60.9 Å². The second kappa shape index (κ2) is 30.2. The summed E-state index contributed by atoms with van der Waals surface area (Å²) in [6, 6.07) is 9.78. The summed E-state index contributed by atoms with van der Waals surface area (Å²) >= 11 is 2.62. The third-order valence-corrected chi connectivity index (χ3v) is 19.9. The van der Waals surface area contributed by atoms with Crippen LogP contribution in [0.2, 0.25) is 0 Å². The summed E-state index contributed by atoms with van der Waals surface area (Å²) in [6.45, 7) is 11.5. The molecule has 2 aromatic carbocycles. The second-order valence-electron chi connectivity index (χ2n) is 25.2. The third kappa shape index (κ3) is 15.7. The number of halogens is 1. The first-order valence-electron chi connectivity index (χ1n) is 32.9. The van der Waals surface area contributed by atoms with Gasteiger partial charge in [-0.15, -0.1) is 0 Å². The van der Waals surface area contributed by atoms with E-state index in [1.165, 1.54) is 35.3 Å². The molecule has 528 valence electrons. The minimum absolute atomic E-state index is 0.00948.